The number of aromatic nitrogens is 1. The summed E-state index contributed by atoms with van der Waals surface area (Å²) in [6.45, 7) is 0. The van der Waals surface area contributed by atoms with Crippen LogP contribution in [0.4, 0.5) is 5.82 Å². The number of H-pyrrole nitrogens is 1. The van der Waals surface area contributed by atoms with Gasteiger partial charge >= 0.3 is 0 Å². The van der Waals surface area contributed by atoms with Gasteiger partial charge in [0.15, 0.2) is 0 Å². The number of hydrogen-bond donors (Lipinski definition) is 1. The lowest BCUT2D eigenvalue weighted by Crippen LogP contribution is -2.27. The highest BCUT2D eigenvalue weighted by atomic mass is 31.2. The Morgan fingerprint density at radius 3 is 2.28 bits per heavy atom. The van der Waals surface area contributed by atoms with Gasteiger partial charge in [-0.15, -0.1) is 0 Å². The first kappa shape index (κ1) is 12.8. The molecule has 0 aliphatic rings. The Morgan fingerprint density at radius 1 is 1.06 bits per heavy atom. The minimum atomic E-state index is -4.79. The molecule has 0 aliphatic heterocycles. The van der Waals surface area contributed by atoms with E-state index in [4.69, 9.17) is 0 Å². The third-order valence-corrected chi connectivity index (χ3v) is 3.49. The first-order chi connectivity index (χ1) is 8.57. The van der Waals surface area contributed by atoms with Crippen molar-refractivity contribution in [2.24, 2.45) is 0 Å². The van der Waals surface area contributed by atoms with Crippen molar-refractivity contribution < 1.29 is 19.3 Å². The normalized spacial score (nSPS) is 13.0. The maximum Gasteiger partial charge on any atom is 0.272 e. The summed E-state index contributed by atoms with van der Waals surface area (Å²) >= 11 is 0. The van der Waals surface area contributed by atoms with Gasteiger partial charge in [-0.3, -0.25) is 5.32 Å². The standard InChI is InChI=1S/C12H13N2O3P/c15-18(16,17)12(10-6-2-1-3-7-10)14-11-8-4-5-9-13-11/h1-9,12H,(H,13,14)(H2,15,16,17)/p-1/t12-/m0/s1. The van der Waals surface area contributed by atoms with Gasteiger partial charge in [0.1, 0.15) is 5.78 Å². The van der Waals surface area contributed by atoms with Gasteiger partial charge in [-0.2, -0.15) is 0 Å². The van der Waals surface area contributed by atoms with E-state index in [2.05, 4.69) is 10.3 Å². The molecule has 0 fully saturated rings. The van der Waals surface area contributed by atoms with E-state index in [0.717, 1.165) is 0 Å². The third-order valence-electron chi connectivity index (χ3n) is 2.43. The van der Waals surface area contributed by atoms with Gasteiger partial charge in [0.2, 0.25) is 0 Å². The van der Waals surface area contributed by atoms with Crippen LogP contribution in [0.2, 0.25) is 0 Å². The molecule has 2 rings (SSSR count). The number of pyridine rings is 1. The molecule has 0 radical (unpaired) electrons. The molecule has 0 aliphatic carbocycles. The van der Waals surface area contributed by atoms with E-state index in [1.54, 1.807) is 54.7 Å². The molecule has 1 aromatic carbocycles. The molecule has 0 saturated heterocycles. The molecule has 1 aromatic heterocycles. The second-order valence-corrected chi connectivity index (χ2v) is 5.37. The van der Waals surface area contributed by atoms with Crippen LogP contribution < -0.4 is 20.1 Å². The Morgan fingerprint density at radius 2 is 1.72 bits per heavy atom. The molecule has 18 heavy (non-hydrogen) atoms. The molecule has 0 saturated carbocycles. The van der Waals surface area contributed by atoms with E-state index in [0.29, 0.717) is 11.4 Å². The smallest absolute Gasteiger partial charge is 0.272 e. The topological polar surface area (TPSA) is 89.4 Å². The fraction of sp³-hybridized carbons (Fsp3) is 0.0833. The SMILES string of the molecule is O=P([O-])([O-])[C@H](Nc1cccc[nH+]1)c1ccccc1. The molecular formula is C12H12N2O3P-. The van der Waals surface area contributed by atoms with Crippen molar-refractivity contribution in [1.82, 2.24) is 0 Å². The van der Waals surface area contributed by atoms with Crippen LogP contribution in [0.5, 0.6) is 0 Å². The van der Waals surface area contributed by atoms with Crippen LogP contribution in [0, 0.1) is 0 Å². The maximum absolute atomic E-state index is 11.3. The van der Waals surface area contributed by atoms with Gasteiger partial charge in [-0.1, -0.05) is 36.4 Å². The first-order valence-electron chi connectivity index (χ1n) is 5.37. The number of rotatable bonds is 4. The van der Waals surface area contributed by atoms with E-state index < -0.39 is 13.4 Å². The van der Waals surface area contributed by atoms with Crippen molar-refractivity contribution in [2.75, 3.05) is 5.32 Å². The Kier molecular flexibility index (Phi) is 3.77. The first-order valence-corrected chi connectivity index (χ1v) is 6.98. The Balaban J connectivity index is 2.31. The molecule has 94 valence electrons. The molecule has 0 bridgehead atoms. The van der Waals surface area contributed by atoms with E-state index in [1.165, 1.54) is 0 Å². The van der Waals surface area contributed by atoms with E-state index in [9.17, 15) is 14.4 Å². The van der Waals surface area contributed by atoms with Crippen molar-refractivity contribution >= 4 is 13.4 Å². The van der Waals surface area contributed by atoms with Crippen LogP contribution in [-0.2, 0) is 4.57 Å². The van der Waals surface area contributed by atoms with Crippen LogP contribution in [0.25, 0.3) is 0 Å². The molecular weight excluding hydrogens is 251 g/mol. The van der Waals surface area contributed by atoms with Gasteiger partial charge < -0.3 is 14.4 Å². The summed E-state index contributed by atoms with van der Waals surface area (Å²) in [5.41, 5.74) is 0.420. The van der Waals surface area contributed by atoms with E-state index in [1.807, 2.05) is 0 Å². The number of anilines is 1. The zero-order valence-corrected chi connectivity index (χ0v) is 10.3. The highest BCUT2D eigenvalue weighted by Crippen LogP contribution is 2.43. The fourth-order valence-electron chi connectivity index (χ4n) is 1.61. The summed E-state index contributed by atoms with van der Waals surface area (Å²) in [7, 11) is -4.79. The quantitative estimate of drug-likeness (QED) is 0.814. The predicted molar refractivity (Wildman–Crippen MR) is 63.4 cm³/mol. The highest BCUT2D eigenvalue weighted by Gasteiger charge is 2.20. The van der Waals surface area contributed by atoms with Crippen LogP contribution in [-0.4, -0.2) is 0 Å². The number of nitrogens with one attached hydrogen (secondary N) is 2. The number of aromatic amines is 1. The number of benzene rings is 1. The molecule has 6 heteroatoms. The van der Waals surface area contributed by atoms with Crippen molar-refractivity contribution in [3.8, 4) is 0 Å². The highest BCUT2D eigenvalue weighted by molar-refractivity contribution is 7.49. The van der Waals surface area contributed by atoms with Crippen LogP contribution in [0.1, 0.15) is 11.3 Å². The van der Waals surface area contributed by atoms with Gasteiger partial charge in [0.05, 0.1) is 6.20 Å². The van der Waals surface area contributed by atoms with Gasteiger partial charge in [-0.25, -0.2) is 4.98 Å². The Labute approximate surface area is 105 Å². The van der Waals surface area contributed by atoms with Crippen molar-refractivity contribution in [3.05, 3.63) is 60.3 Å². The summed E-state index contributed by atoms with van der Waals surface area (Å²) in [6, 6.07) is 13.5. The molecule has 1 heterocycles. The molecule has 0 spiro atoms. The van der Waals surface area contributed by atoms with Crippen LogP contribution in [0.15, 0.2) is 54.7 Å². The lowest BCUT2D eigenvalue weighted by molar-refractivity contribution is -0.362. The maximum atomic E-state index is 11.3. The lowest BCUT2D eigenvalue weighted by atomic mass is 10.2. The molecule has 2 aromatic rings. The Bertz CT molecular complexity index is 542. The molecule has 0 unspecified atom stereocenters. The average molecular weight is 263 g/mol. The molecule has 2 N–H and O–H groups in total. The molecule has 5 nitrogen and oxygen atoms in total. The third kappa shape index (κ3) is 3.17. The second kappa shape index (κ2) is 5.31. The predicted octanol–water partition coefficient (Wildman–Crippen LogP) is 0.525. The van der Waals surface area contributed by atoms with Crippen LogP contribution in [0.3, 0.4) is 0 Å². The van der Waals surface area contributed by atoms with Gasteiger partial charge in [-0.05, 0) is 13.7 Å². The monoisotopic (exact) mass is 263 g/mol. The number of hydrogen-bond acceptors (Lipinski definition) is 4. The largest absolute Gasteiger partial charge is 0.808 e. The summed E-state index contributed by atoms with van der Waals surface area (Å²) in [6.07, 6.45) is 1.64. The van der Waals surface area contributed by atoms with Crippen molar-refractivity contribution in [1.29, 1.82) is 0 Å². The second-order valence-electron chi connectivity index (χ2n) is 3.77. The fourth-order valence-corrected chi connectivity index (χ4v) is 2.45. The summed E-state index contributed by atoms with van der Waals surface area (Å²) in [4.78, 5) is 25.5. The zero-order chi connectivity index (χ0) is 13.0. The molecule has 0 amide bonds. The average Bonchev–Trinajstić information content (AvgIpc) is 2.37. The van der Waals surface area contributed by atoms with E-state index in [-0.39, 0.29) is 0 Å². The van der Waals surface area contributed by atoms with Crippen LogP contribution >= 0.6 is 7.60 Å². The minimum Gasteiger partial charge on any atom is -0.808 e. The van der Waals surface area contributed by atoms with Crippen molar-refractivity contribution in [3.63, 3.8) is 0 Å². The molecule has 1 atom stereocenters. The zero-order valence-electron chi connectivity index (χ0n) is 9.45. The summed E-state index contributed by atoms with van der Waals surface area (Å²) in [5.74, 6) is -0.810. The minimum absolute atomic E-state index is 0.420. The lowest BCUT2D eigenvalue weighted by Gasteiger charge is -2.35. The van der Waals surface area contributed by atoms with Gasteiger partial charge in [0, 0.05) is 11.6 Å². The van der Waals surface area contributed by atoms with E-state index >= 15 is 0 Å². The van der Waals surface area contributed by atoms with Gasteiger partial charge in [0.25, 0.3) is 5.82 Å². The van der Waals surface area contributed by atoms with Crippen molar-refractivity contribution in [2.45, 2.75) is 5.78 Å². The Hall–Kier alpha value is -1.68. The summed E-state index contributed by atoms with van der Waals surface area (Å²) in [5, 5.41) is 2.69. The summed E-state index contributed by atoms with van der Waals surface area (Å²) < 4.78 is 11.3.